The van der Waals surface area contributed by atoms with Crippen molar-refractivity contribution in [1.82, 2.24) is 5.32 Å². The van der Waals surface area contributed by atoms with E-state index in [0.717, 1.165) is 0 Å². The van der Waals surface area contributed by atoms with Gasteiger partial charge in [-0.3, -0.25) is 20.2 Å². The number of hydrogen-bond acceptors (Lipinski definition) is 6. The summed E-state index contributed by atoms with van der Waals surface area (Å²) in [5.74, 6) is 0.0351. The normalized spacial score (nSPS) is 24.8. The monoisotopic (exact) mass is 146 g/mol. The SMILES string of the molecule is NC1=NCOC([N+](=O)[O-])N1. The van der Waals surface area contributed by atoms with Crippen LogP contribution in [-0.2, 0) is 4.74 Å². The van der Waals surface area contributed by atoms with Crippen molar-refractivity contribution < 1.29 is 9.66 Å². The van der Waals surface area contributed by atoms with E-state index in [2.05, 4.69) is 15.0 Å². The number of aliphatic imine (C=N–C) groups is 1. The summed E-state index contributed by atoms with van der Waals surface area (Å²) in [6.45, 7) is -0.0650. The molecule has 1 aliphatic heterocycles. The van der Waals surface area contributed by atoms with Gasteiger partial charge >= 0.3 is 6.35 Å². The van der Waals surface area contributed by atoms with Crippen molar-refractivity contribution in [3.05, 3.63) is 10.1 Å². The van der Waals surface area contributed by atoms with E-state index in [1.54, 1.807) is 0 Å². The van der Waals surface area contributed by atoms with Gasteiger partial charge in [-0.05, 0) is 0 Å². The van der Waals surface area contributed by atoms with Gasteiger partial charge in [-0.1, -0.05) is 0 Å². The van der Waals surface area contributed by atoms with E-state index in [1.807, 2.05) is 0 Å². The highest BCUT2D eigenvalue weighted by Gasteiger charge is 2.23. The fourth-order valence-corrected chi connectivity index (χ4v) is 0.505. The van der Waals surface area contributed by atoms with Gasteiger partial charge in [0, 0.05) is 0 Å². The van der Waals surface area contributed by atoms with Crippen molar-refractivity contribution in [1.29, 1.82) is 0 Å². The summed E-state index contributed by atoms with van der Waals surface area (Å²) in [6.07, 6.45) is -1.25. The zero-order valence-corrected chi connectivity index (χ0v) is 4.98. The minimum absolute atomic E-state index is 0.0351. The van der Waals surface area contributed by atoms with Gasteiger partial charge < -0.3 is 5.73 Å². The summed E-state index contributed by atoms with van der Waals surface area (Å²) in [5, 5.41) is 12.2. The summed E-state index contributed by atoms with van der Waals surface area (Å²) in [7, 11) is 0. The predicted octanol–water partition coefficient (Wildman–Crippen LogP) is -1.56. The second-order valence-electron chi connectivity index (χ2n) is 1.62. The molecule has 0 aromatic rings. The first-order valence-corrected chi connectivity index (χ1v) is 2.51. The molecule has 0 aromatic carbocycles. The minimum atomic E-state index is -1.25. The van der Waals surface area contributed by atoms with Crippen LogP contribution in [0.2, 0.25) is 0 Å². The Hall–Kier alpha value is -1.37. The minimum Gasteiger partial charge on any atom is -0.370 e. The number of guanidine groups is 1. The highest BCUT2D eigenvalue weighted by Crippen LogP contribution is 1.93. The molecule has 0 bridgehead atoms. The second-order valence-corrected chi connectivity index (χ2v) is 1.62. The number of hydrogen-bond donors (Lipinski definition) is 2. The van der Waals surface area contributed by atoms with Crippen molar-refractivity contribution in [3.63, 3.8) is 0 Å². The number of rotatable bonds is 1. The van der Waals surface area contributed by atoms with Crippen LogP contribution < -0.4 is 11.1 Å². The zero-order chi connectivity index (χ0) is 7.56. The van der Waals surface area contributed by atoms with E-state index in [0.29, 0.717) is 0 Å². The molecule has 0 saturated heterocycles. The molecule has 7 nitrogen and oxygen atoms in total. The molecule has 1 aliphatic rings. The van der Waals surface area contributed by atoms with Gasteiger partial charge in [0.2, 0.25) is 0 Å². The van der Waals surface area contributed by atoms with Gasteiger partial charge in [-0.15, -0.1) is 0 Å². The first kappa shape index (κ1) is 6.75. The van der Waals surface area contributed by atoms with Crippen LogP contribution in [0.3, 0.4) is 0 Å². The molecule has 7 heteroatoms. The summed E-state index contributed by atoms with van der Waals surface area (Å²) < 4.78 is 4.53. The Morgan fingerprint density at radius 2 is 2.70 bits per heavy atom. The first-order chi connectivity index (χ1) is 4.70. The molecule has 56 valence electrons. The van der Waals surface area contributed by atoms with E-state index in [4.69, 9.17) is 5.73 Å². The fraction of sp³-hybridized carbons (Fsp3) is 0.667. The summed E-state index contributed by atoms with van der Waals surface area (Å²) >= 11 is 0. The Labute approximate surface area is 56.0 Å². The van der Waals surface area contributed by atoms with E-state index >= 15 is 0 Å². The highest BCUT2D eigenvalue weighted by molar-refractivity contribution is 5.78. The quantitative estimate of drug-likeness (QED) is 0.344. The molecule has 1 rings (SSSR count). The molecule has 0 amide bonds. The number of nitrogens with two attached hydrogens (primary N) is 1. The Morgan fingerprint density at radius 1 is 2.00 bits per heavy atom. The largest absolute Gasteiger partial charge is 0.401 e. The van der Waals surface area contributed by atoms with Gasteiger partial charge in [-0.25, -0.2) is 4.99 Å². The van der Waals surface area contributed by atoms with Crippen molar-refractivity contribution in [2.75, 3.05) is 6.73 Å². The average Bonchev–Trinajstić information content (AvgIpc) is 1.88. The lowest BCUT2D eigenvalue weighted by Gasteiger charge is -2.14. The molecular weight excluding hydrogens is 140 g/mol. The standard InChI is InChI=1S/C3H6N4O3/c4-2-5-1-10-3(6-2)7(8)9/h3H,1H2,(H3,4,5,6). The van der Waals surface area contributed by atoms with Crippen molar-refractivity contribution in [3.8, 4) is 0 Å². The third-order valence-corrected chi connectivity index (χ3v) is 0.930. The van der Waals surface area contributed by atoms with Gasteiger partial charge in [-0.2, -0.15) is 0 Å². The van der Waals surface area contributed by atoms with Crippen LogP contribution in [0.5, 0.6) is 0 Å². The van der Waals surface area contributed by atoms with Gasteiger partial charge in [0.15, 0.2) is 12.7 Å². The summed E-state index contributed by atoms with van der Waals surface area (Å²) in [6, 6.07) is 0. The number of nitrogens with zero attached hydrogens (tertiary/aromatic N) is 2. The maximum absolute atomic E-state index is 10.0. The van der Waals surface area contributed by atoms with Gasteiger partial charge in [0.05, 0.1) is 4.92 Å². The van der Waals surface area contributed by atoms with Crippen LogP contribution in [0.4, 0.5) is 0 Å². The molecule has 0 spiro atoms. The lowest BCUT2D eigenvalue weighted by molar-refractivity contribution is -0.581. The maximum Gasteiger partial charge on any atom is 0.401 e. The number of nitrogens with one attached hydrogen (secondary N) is 1. The van der Waals surface area contributed by atoms with Crippen LogP contribution in [-0.4, -0.2) is 24.0 Å². The van der Waals surface area contributed by atoms with E-state index in [-0.39, 0.29) is 12.7 Å². The molecule has 10 heavy (non-hydrogen) atoms. The molecular formula is C3H6N4O3. The van der Waals surface area contributed by atoms with Crippen LogP contribution >= 0.6 is 0 Å². The van der Waals surface area contributed by atoms with Crippen LogP contribution in [0.1, 0.15) is 0 Å². The highest BCUT2D eigenvalue weighted by atomic mass is 16.7. The second kappa shape index (κ2) is 2.48. The van der Waals surface area contributed by atoms with Crippen LogP contribution in [0.15, 0.2) is 4.99 Å². The average molecular weight is 146 g/mol. The first-order valence-electron chi connectivity index (χ1n) is 2.51. The van der Waals surface area contributed by atoms with E-state index in [9.17, 15) is 10.1 Å². The van der Waals surface area contributed by atoms with Crippen molar-refractivity contribution in [2.45, 2.75) is 6.35 Å². The lowest BCUT2D eigenvalue weighted by Crippen LogP contribution is -2.49. The summed E-state index contributed by atoms with van der Waals surface area (Å²) in [5.41, 5.74) is 5.12. The van der Waals surface area contributed by atoms with Crippen LogP contribution in [0.25, 0.3) is 0 Å². The van der Waals surface area contributed by atoms with E-state index in [1.165, 1.54) is 0 Å². The molecule has 1 atom stereocenters. The Kier molecular flexibility index (Phi) is 1.67. The number of ether oxygens (including phenoxy) is 1. The molecule has 0 aliphatic carbocycles. The van der Waals surface area contributed by atoms with Gasteiger partial charge in [0.1, 0.15) is 0 Å². The molecule has 0 saturated carbocycles. The predicted molar refractivity (Wildman–Crippen MR) is 31.5 cm³/mol. The van der Waals surface area contributed by atoms with E-state index < -0.39 is 11.3 Å². The molecule has 1 unspecified atom stereocenters. The molecule has 1 heterocycles. The molecule has 0 aromatic heterocycles. The smallest absolute Gasteiger partial charge is 0.370 e. The fourth-order valence-electron chi connectivity index (χ4n) is 0.505. The van der Waals surface area contributed by atoms with Crippen LogP contribution in [0, 0.1) is 10.1 Å². The zero-order valence-electron chi connectivity index (χ0n) is 4.98. The van der Waals surface area contributed by atoms with Crippen molar-refractivity contribution in [2.24, 2.45) is 10.7 Å². The Morgan fingerprint density at radius 3 is 3.10 bits per heavy atom. The molecule has 3 N–H and O–H groups in total. The maximum atomic E-state index is 10.0. The topological polar surface area (TPSA) is 103 Å². The lowest BCUT2D eigenvalue weighted by atomic mass is 10.8. The molecule has 0 fully saturated rings. The summed E-state index contributed by atoms with van der Waals surface area (Å²) in [4.78, 5) is 12.9. The Balaban J connectivity index is 2.53. The Bertz CT molecular complexity index is 179. The van der Waals surface area contributed by atoms with Crippen molar-refractivity contribution >= 4 is 5.96 Å². The third kappa shape index (κ3) is 1.32. The molecule has 0 radical (unpaired) electrons. The third-order valence-electron chi connectivity index (χ3n) is 0.930. The number of nitro groups is 1. The van der Waals surface area contributed by atoms with Gasteiger partial charge in [0.25, 0.3) is 0 Å².